The van der Waals surface area contributed by atoms with Gasteiger partial charge in [-0.2, -0.15) is 18.2 Å². The molecule has 0 bridgehead atoms. The fourth-order valence-corrected chi connectivity index (χ4v) is 4.42. The number of carboxylic acid groups (broad SMARTS) is 1. The van der Waals surface area contributed by atoms with Crippen LogP contribution in [-0.2, 0) is 4.79 Å². The highest BCUT2D eigenvalue weighted by atomic mass is 35.5. The molecular formula is C31H24ClF5N6O6. The van der Waals surface area contributed by atoms with Gasteiger partial charge in [-0.3, -0.25) is 14.2 Å². The first-order valence-electron chi connectivity index (χ1n) is 13.8. The van der Waals surface area contributed by atoms with Crippen molar-refractivity contribution in [2.75, 3.05) is 23.8 Å². The number of carbonyl (C=O) groups is 2. The van der Waals surface area contributed by atoms with Crippen LogP contribution in [0.3, 0.4) is 0 Å². The molecule has 2 aromatic carbocycles. The number of para-hydroxylation sites is 1. The van der Waals surface area contributed by atoms with E-state index in [0.717, 1.165) is 22.8 Å². The molecule has 5 rings (SSSR count). The molecule has 0 radical (unpaired) electrons. The Morgan fingerprint density at radius 1 is 0.980 bits per heavy atom. The molecule has 0 aliphatic heterocycles. The molecule has 3 heterocycles. The fraction of sp³-hybridized carbons (Fsp3) is 0.161. The van der Waals surface area contributed by atoms with Crippen molar-refractivity contribution in [1.29, 1.82) is 0 Å². The number of nitrogens with one attached hydrogen (secondary N) is 2. The molecule has 0 aliphatic carbocycles. The van der Waals surface area contributed by atoms with Crippen LogP contribution in [-0.4, -0.2) is 72.1 Å². The SMILES string of the molecule is Cc1ccc(NC(=O)c2ccc(Cl)nc2)cc1-c1nc(NC(CO)CO)nc2c1ccc(=O)n2-c1c(F)cccc1F.O=C(O)C(F)(F)F. The van der Waals surface area contributed by atoms with Crippen molar-refractivity contribution in [1.82, 2.24) is 19.5 Å². The van der Waals surface area contributed by atoms with Gasteiger partial charge in [0.25, 0.3) is 11.5 Å². The molecule has 5 N–H and O–H groups in total. The van der Waals surface area contributed by atoms with Gasteiger partial charge in [0.1, 0.15) is 22.5 Å². The van der Waals surface area contributed by atoms with Crippen molar-refractivity contribution in [2.45, 2.75) is 19.1 Å². The van der Waals surface area contributed by atoms with Gasteiger partial charge >= 0.3 is 12.1 Å². The number of hydrogen-bond acceptors (Lipinski definition) is 9. The Morgan fingerprint density at radius 3 is 2.20 bits per heavy atom. The number of pyridine rings is 2. The molecule has 18 heteroatoms. The van der Waals surface area contributed by atoms with Crippen molar-refractivity contribution in [3.63, 3.8) is 0 Å². The molecule has 0 saturated heterocycles. The smallest absolute Gasteiger partial charge is 0.475 e. The largest absolute Gasteiger partial charge is 0.490 e. The zero-order valence-electron chi connectivity index (χ0n) is 25.0. The van der Waals surface area contributed by atoms with Crippen molar-refractivity contribution in [3.8, 4) is 16.9 Å². The quantitative estimate of drug-likeness (QED) is 0.112. The van der Waals surface area contributed by atoms with Crippen LogP contribution in [0.25, 0.3) is 28.0 Å². The van der Waals surface area contributed by atoms with Crippen LogP contribution in [0.1, 0.15) is 15.9 Å². The highest BCUT2D eigenvalue weighted by Crippen LogP contribution is 2.33. The summed E-state index contributed by atoms with van der Waals surface area (Å²) in [6, 6.07) is 13.0. The molecule has 0 saturated carbocycles. The average Bonchev–Trinajstić information content (AvgIpc) is 3.05. The molecule has 49 heavy (non-hydrogen) atoms. The van der Waals surface area contributed by atoms with Gasteiger partial charge in [0, 0.05) is 28.9 Å². The summed E-state index contributed by atoms with van der Waals surface area (Å²) >= 11 is 5.82. The van der Waals surface area contributed by atoms with Crippen LogP contribution >= 0.6 is 11.6 Å². The Kier molecular flexibility index (Phi) is 11.2. The first-order valence-corrected chi connectivity index (χ1v) is 14.2. The van der Waals surface area contributed by atoms with Gasteiger partial charge in [0.2, 0.25) is 5.95 Å². The van der Waals surface area contributed by atoms with Gasteiger partial charge in [-0.1, -0.05) is 23.7 Å². The van der Waals surface area contributed by atoms with E-state index in [9.17, 15) is 41.8 Å². The number of aryl methyl sites for hydroxylation is 1. The maximum Gasteiger partial charge on any atom is 0.490 e. The van der Waals surface area contributed by atoms with Crippen LogP contribution in [0.15, 0.2) is 71.7 Å². The van der Waals surface area contributed by atoms with Gasteiger partial charge in [-0.05, 0) is 55.0 Å². The standard InChI is InChI=1S/C29H23ClF2N6O4.C2HF3O2/c1-15-5-7-17(34-28(42)16-6-9-23(30)33-12-16)11-20(15)25-19-8-10-24(41)38(26-21(31)3-2-4-22(26)32)27(19)37-29(36-25)35-18(13-39)14-40;3-2(4,5)1(6)7/h2-12,18,39-40H,13-14H2,1H3,(H,34,42)(H,35,36,37);(H,6,7). The van der Waals surface area contributed by atoms with E-state index in [0.29, 0.717) is 16.8 Å². The lowest BCUT2D eigenvalue weighted by molar-refractivity contribution is -0.192. The predicted molar refractivity (Wildman–Crippen MR) is 168 cm³/mol. The molecule has 256 valence electrons. The lowest BCUT2D eigenvalue weighted by Gasteiger charge is -2.18. The number of aliphatic hydroxyl groups excluding tert-OH is 2. The van der Waals surface area contributed by atoms with Crippen LogP contribution < -0.4 is 16.2 Å². The zero-order valence-corrected chi connectivity index (χ0v) is 25.7. The number of aromatic nitrogens is 4. The Morgan fingerprint density at radius 2 is 1.63 bits per heavy atom. The molecule has 1 amide bonds. The predicted octanol–water partition coefficient (Wildman–Crippen LogP) is 4.73. The molecule has 3 aromatic heterocycles. The maximum atomic E-state index is 14.9. The summed E-state index contributed by atoms with van der Waals surface area (Å²) < 4.78 is 62.4. The number of benzene rings is 2. The van der Waals surface area contributed by atoms with Crippen molar-refractivity contribution >= 4 is 46.1 Å². The molecule has 0 fully saturated rings. The number of rotatable bonds is 8. The van der Waals surface area contributed by atoms with Crippen LogP contribution in [0.2, 0.25) is 5.15 Å². The van der Waals surface area contributed by atoms with E-state index in [2.05, 4.69) is 25.6 Å². The number of anilines is 2. The summed E-state index contributed by atoms with van der Waals surface area (Å²) in [5.74, 6) is -5.29. The van der Waals surface area contributed by atoms with E-state index in [-0.39, 0.29) is 33.4 Å². The molecule has 5 aromatic rings. The number of halogens is 6. The van der Waals surface area contributed by atoms with Crippen molar-refractivity contribution in [3.05, 3.63) is 105 Å². The lowest BCUT2D eigenvalue weighted by Crippen LogP contribution is -2.29. The normalized spacial score (nSPS) is 11.2. The minimum absolute atomic E-state index is 0.122. The number of carboxylic acids is 1. The van der Waals surface area contributed by atoms with Gasteiger partial charge in [-0.25, -0.2) is 23.5 Å². The second-order valence-electron chi connectivity index (χ2n) is 10.1. The minimum atomic E-state index is -5.08. The third kappa shape index (κ3) is 8.50. The third-order valence-electron chi connectivity index (χ3n) is 6.67. The van der Waals surface area contributed by atoms with Crippen LogP contribution in [0.5, 0.6) is 0 Å². The van der Waals surface area contributed by atoms with Gasteiger partial charge in [-0.15, -0.1) is 0 Å². The maximum absolute atomic E-state index is 14.9. The van der Waals surface area contributed by atoms with E-state index in [1.807, 2.05) is 0 Å². The summed E-state index contributed by atoms with van der Waals surface area (Å²) in [6.07, 6.45) is -3.75. The number of hydrogen-bond donors (Lipinski definition) is 5. The van der Waals surface area contributed by atoms with Gasteiger partial charge < -0.3 is 26.0 Å². The van der Waals surface area contributed by atoms with Gasteiger partial charge in [0.15, 0.2) is 5.65 Å². The summed E-state index contributed by atoms with van der Waals surface area (Å²) in [5, 5.41) is 32.5. The summed E-state index contributed by atoms with van der Waals surface area (Å²) in [7, 11) is 0. The molecule has 0 aliphatic rings. The Bertz CT molecular complexity index is 2050. The Balaban J connectivity index is 0.000000698. The Hall–Kier alpha value is -5.52. The van der Waals surface area contributed by atoms with Crippen molar-refractivity contribution in [2.24, 2.45) is 0 Å². The van der Waals surface area contributed by atoms with E-state index in [1.54, 1.807) is 25.1 Å². The molecule has 0 spiro atoms. The molecule has 0 unspecified atom stereocenters. The second-order valence-corrected chi connectivity index (χ2v) is 10.5. The van der Waals surface area contributed by atoms with Crippen LogP contribution in [0.4, 0.5) is 33.6 Å². The fourth-order valence-electron chi connectivity index (χ4n) is 4.30. The van der Waals surface area contributed by atoms with Gasteiger partial charge in [0.05, 0.1) is 30.5 Å². The Labute approximate surface area is 277 Å². The van der Waals surface area contributed by atoms with E-state index in [4.69, 9.17) is 21.5 Å². The summed E-state index contributed by atoms with van der Waals surface area (Å²) in [5.41, 5.74) is 0.628. The number of nitrogens with zero attached hydrogens (tertiary/aromatic N) is 4. The number of carbonyl (C=O) groups excluding carboxylic acids is 1. The number of alkyl halides is 3. The molecular weight excluding hydrogens is 683 g/mol. The highest BCUT2D eigenvalue weighted by Gasteiger charge is 2.38. The van der Waals surface area contributed by atoms with Crippen molar-refractivity contribution < 1.29 is 46.9 Å². The molecule has 0 atom stereocenters. The number of fused-ring (bicyclic) bond motifs is 1. The minimum Gasteiger partial charge on any atom is -0.475 e. The zero-order chi connectivity index (χ0) is 36.0. The lowest BCUT2D eigenvalue weighted by atomic mass is 10.0. The first kappa shape index (κ1) is 36.3. The van der Waals surface area contributed by atoms with Crippen LogP contribution in [0, 0.1) is 18.6 Å². The van der Waals surface area contributed by atoms with E-state index >= 15 is 0 Å². The summed E-state index contributed by atoms with van der Waals surface area (Å²) in [4.78, 5) is 47.6. The monoisotopic (exact) mass is 706 g/mol. The summed E-state index contributed by atoms with van der Waals surface area (Å²) in [6.45, 7) is 0.843. The number of aliphatic carboxylic acids is 1. The highest BCUT2D eigenvalue weighted by molar-refractivity contribution is 6.29. The first-order chi connectivity index (χ1) is 23.1. The number of aliphatic hydroxyl groups is 2. The number of amides is 1. The van der Waals surface area contributed by atoms with E-state index in [1.165, 1.54) is 30.5 Å². The second kappa shape index (κ2) is 15.1. The molecule has 12 nitrogen and oxygen atoms in total. The third-order valence-corrected chi connectivity index (χ3v) is 6.89. The average molecular weight is 707 g/mol. The van der Waals surface area contributed by atoms with E-state index < -0.39 is 60.2 Å². The topological polar surface area (TPSA) is 180 Å².